The first-order valence-corrected chi connectivity index (χ1v) is 20.5. The number of halogens is 2. The zero-order valence-corrected chi connectivity index (χ0v) is 35.9. The number of nitrogens with one attached hydrogen (secondary N) is 2. The van der Waals surface area contributed by atoms with E-state index in [4.69, 9.17) is 28.9 Å². The van der Waals surface area contributed by atoms with Gasteiger partial charge in [0.15, 0.2) is 0 Å². The summed E-state index contributed by atoms with van der Waals surface area (Å²) in [6, 6.07) is 11.8. The van der Waals surface area contributed by atoms with Crippen molar-refractivity contribution >= 4 is 44.0 Å². The van der Waals surface area contributed by atoms with Crippen LogP contribution in [0, 0.1) is 5.41 Å². The van der Waals surface area contributed by atoms with E-state index in [1.165, 1.54) is 0 Å². The van der Waals surface area contributed by atoms with E-state index in [2.05, 4.69) is 55.7 Å². The fraction of sp³-hybridized carbons (Fsp3) is 0.512. The first kappa shape index (κ1) is 39.2. The minimum Gasteiger partial charge on any atom is -0.492 e. The number of nitrogens with zero attached hydrogens (tertiary/aromatic N) is 4. The normalized spacial score (nSPS) is 19.7. The predicted octanol–water partition coefficient (Wildman–Crippen LogP) is 10.6. The Morgan fingerprint density at radius 2 is 1.13 bits per heavy atom. The Labute approximate surface area is 339 Å². The molecule has 0 aliphatic carbocycles. The lowest BCUT2D eigenvalue weighted by Crippen LogP contribution is -2.36. The van der Waals surface area contributed by atoms with Crippen LogP contribution in [0.15, 0.2) is 45.6 Å². The summed E-state index contributed by atoms with van der Waals surface area (Å²) in [4.78, 5) is 46.4. The van der Waals surface area contributed by atoms with Crippen molar-refractivity contribution in [3.63, 3.8) is 0 Å². The van der Waals surface area contributed by atoms with Crippen molar-refractivity contribution in [1.82, 2.24) is 29.7 Å². The van der Waals surface area contributed by atoms with E-state index in [9.17, 15) is 9.59 Å². The third-order valence-electron chi connectivity index (χ3n) is 9.79. The van der Waals surface area contributed by atoms with Crippen LogP contribution in [0.3, 0.4) is 0 Å². The fourth-order valence-electron chi connectivity index (χ4n) is 7.23. The van der Waals surface area contributed by atoms with Crippen LogP contribution in [0.5, 0.6) is 11.5 Å². The van der Waals surface area contributed by atoms with Gasteiger partial charge in [0.05, 0.1) is 25.3 Å². The molecule has 12 nitrogen and oxygen atoms in total. The van der Waals surface area contributed by atoms with Crippen LogP contribution in [0.25, 0.3) is 33.6 Å². The van der Waals surface area contributed by atoms with Crippen LogP contribution in [-0.4, -0.2) is 79.4 Å². The molecule has 0 radical (unpaired) electrons. The van der Waals surface area contributed by atoms with Gasteiger partial charge < -0.3 is 28.9 Å². The van der Waals surface area contributed by atoms with Gasteiger partial charge in [0.25, 0.3) is 0 Å². The summed E-state index contributed by atoms with van der Waals surface area (Å²) >= 11 is 7.43. The van der Waals surface area contributed by atoms with Gasteiger partial charge in [-0.3, -0.25) is 9.80 Å². The smallest absolute Gasteiger partial charge is 0.410 e. The number of ether oxygens (including phenoxy) is 4. The number of carbonyl (C=O) groups is 2. The molecular formula is C41H50Br2N6O6. The van der Waals surface area contributed by atoms with E-state index in [0.29, 0.717) is 49.5 Å². The van der Waals surface area contributed by atoms with E-state index < -0.39 is 11.2 Å². The molecule has 2 aromatic heterocycles. The first-order chi connectivity index (χ1) is 25.9. The van der Waals surface area contributed by atoms with Crippen LogP contribution in [0.2, 0.25) is 0 Å². The highest BCUT2D eigenvalue weighted by atomic mass is 79.9. The van der Waals surface area contributed by atoms with Gasteiger partial charge in [-0.1, -0.05) is 26.0 Å². The average molecular weight is 883 g/mol. The summed E-state index contributed by atoms with van der Waals surface area (Å²) in [6.07, 6.45) is 2.66. The molecule has 7 rings (SSSR count). The summed E-state index contributed by atoms with van der Waals surface area (Å²) in [5, 5.41) is 0. The quantitative estimate of drug-likeness (QED) is 0.207. The van der Waals surface area contributed by atoms with E-state index in [-0.39, 0.29) is 29.7 Å². The number of imidazole rings is 2. The molecular weight excluding hydrogens is 832 g/mol. The van der Waals surface area contributed by atoms with E-state index in [0.717, 1.165) is 68.5 Å². The second-order valence-electron chi connectivity index (χ2n) is 17.4. The predicted molar refractivity (Wildman–Crippen MR) is 217 cm³/mol. The van der Waals surface area contributed by atoms with Crippen LogP contribution in [0.4, 0.5) is 9.59 Å². The van der Waals surface area contributed by atoms with Crippen molar-refractivity contribution < 1.29 is 28.5 Å². The van der Waals surface area contributed by atoms with Gasteiger partial charge in [-0.15, -0.1) is 0 Å². The highest BCUT2D eigenvalue weighted by Crippen LogP contribution is 2.45. The summed E-state index contributed by atoms with van der Waals surface area (Å²) in [6.45, 7) is 17.6. The Hall–Kier alpha value is -4.04. The third kappa shape index (κ3) is 8.55. The molecule has 3 aliphatic rings. The molecule has 2 saturated heterocycles. The molecule has 2 aromatic carbocycles. The monoisotopic (exact) mass is 880 g/mol. The molecule has 0 bridgehead atoms. The lowest BCUT2D eigenvalue weighted by Gasteiger charge is -2.27. The third-order valence-corrected chi connectivity index (χ3v) is 10.9. The average Bonchev–Trinajstić information content (AvgIpc) is 3.91. The number of carbonyl (C=O) groups excluding carboxylic acids is 2. The summed E-state index contributed by atoms with van der Waals surface area (Å²) in [5.74, 6) is 2.84. The zero-order valence-electron chi connectivity index (χ0n) is 32.8. The standard InChI is InChI=1S/C41H50Br2N6O6/c1-39(2,3)54-37(50)48-17-9-11-27(48)35-44-31(33(42)46-35)23-13-15-25-26-16-14-24(20-30(26)53-22-41(7,8)21-52-29(25)19-23)32-34(43)47-36(45-32)28-12-10-18-49(28)38(51)55-40(4,5)6/h13-16,19-20,27-28H,9-12,17-18,21-22H2,1-8H3,(H,44,46)(H,45,47)/t27-,28-/m0/s1. The maximum absolute atomic E-state index is 13.1. The van der Waals surface area contributed by atoms with Gasteiger partial charge in [-0.25, -0.2) is 19.6 Å². The fourth-order valence-corrected chi connectivity index (χ4v) is 8.27. The number of likely N-dealkylation sites (tertiary alicyclic amines) is 2. The van der Waals surface area contributed by atoms with Crippen molar-refractivity contribution in [3.8, 4) is 45.1 Å². The minimum atomic E-state index is -0.583. The maximum Gasteiger partial charge on any atom is 0.410 e. The van der Waals surface area contributed by atoms with Gasteiger partial charge in [0, 0.05) is 40.8 Å². The number of H-pyrrole nitrogens is 2. The molecule has 0 unspecified atom stereocenters. The topological polar surface area (TPSA) is 135 Å². The number of rotatable bonds is 4. The van der Waals surface area contributed by atoms with Crippen LogP contribution < -0.4 is 9.47 Å². The Morgan fingerprint density at radius 3 is 1.51 bits per heavy atom. The van der Waals surface area contributed by atoms with Crippen LogP contribution >= 0.6 is 31.9 Å². The Kier molecular flexibility index (Phi) is 10.5. The van der Waals surface area contributed by atoms with E-state index in [1.807, 2.05) is 77.9 Å². The van der Waals surface area contributed by atoms with E-state index in [1.54, 1.807) is 9.80 Å². The first-order valence-electron chi connectivity index (χ1n) is 18.9. The lowest BCUT2D eigenvalue weighted by atomic mass is 9.96. The van der Waals surface area contributed by atoms with Crippen molar-refractivity contribution in [2.45, 2.75) is 104 Å². The van der Waals surface area contributed by atoms with Gasteiger partial charge in [-0.05, 0) is 123 Å². The SMILES string of the molecule is CC1(C)COc2cc(-c3nc([C@@H]4CCCN4C(=O)OC(C)(C)C)[nH]c3Br)ccc2-c2ccc(-c3nc([C@@H]4CCCN4C(=O)OC(C)(C)C)[nH]c3Br)cc2OC1. The van der Waals surface area contributed by atoms with E-state index >= 15 is 0 Å². The highest BCUT2D eigenvalue weighted by Gasteiger charge is 2.37. The Bertz CT molecular complexity index is 1950. The second-order valence-corrected chi connectivity index (χ2v) is 19.0. The number of hydrogen-bond acceptors (Lipinski definition) is 8. The zero-order chi connectivity index (χ0) is 39.4. The molecule has 14 heteroatoms. The van der Waals surface area contributed by atoms with Gasteiger partial charge in [0.1, 0.15) is 54.9 Å². The highest BCUT2D eigenvalue weighted by molar-refractivity contribution is 9.10. The van der Waals surface area contributed by atoms with Crippen molar-refractivity contribution in [3.05, 3.63) is 57.3 Å². The maximum atomic E-state index is 13.1. The summed E-state index contributed by atoms with van der Waals surface area (Å²) in [7, 11) is 0. The number of benzene rings is 2. The molecule has 2 atom stereocenters. The molecule has 5 heterocycles. The molecule has 3 aliphatic heterocycles. The van der Waals surface area contributed by atoms with Gasteiger partial charge in [0.2, 0.25) is 0 Å². The number of fused-ring (bicyclic) bond motifs is 3. The number of aromatic nitrogens is 4. The van der Waals surface area contributed by atoms with Crippen molar-refractivity contribution in [2.24, 2.45) is 5.41 Å². The molecule has 2 fully saturated rings. The molecule has 294 valence electrons. The molecule has 2 N–H and O–H groups in total. The molecule has 0 saturated carbocycles. The Balaban J connectivity index is 1.19. The van der Waals surface area contributed by atoms with Gasteiger partial charge in [-0.2, -0.15) is 0 Å². The largest absolute Gasteiger partial charge is 0.492 e. The van der Waals surface area contributed by atoms with Gasteiger partial charge >= 0.3 is 12.2 Å². The summed E-state index contributed by atoms with van der Waals surface area (Å²) in [5.41, 5.74) is 3.51. The minimum absolute atomic E-state index is 0.212. The molecule has 55 heavy (non-hydrogen) atoms. The molecule has 2 amide bonds. The number of hydrogen-bond donors (Lipinski definition) is 2. The number of aromatic amines is 2. The van der Waals surface area contributed by atoms with Crippen molar-refractivity contribution in [2.75, 3.05) is 26.3 Å². The molecule has 0 spiro atoms. The Morgan fingerprint density at radius 1 is 0.727 bits per heavy atom. The lowest BCUT2D eigenvalue weighted by molar-refractivity contribution is 0.0208. The number of amides is 2. The van der Waals surface area contributed by atoms with Crippen LogP contribution in [0.1, 0.15) is 105 Å². The second kappa shape index (κ2) is 14.8. The molecule has 4 aromatic rings. The van der Waals surface area contributed by atoms with Crippen molar-refractivity contribution in [1.29, 1.82) is 0 Å². The van der Waals surface area contributed by atoms with Crippen LogP contribution in [-0.2, 0) is 9.47 Å². The summed E-state index contributed by atoms with van der Waals surface area (Å²) < 4.78 is 26.0.